The first-order valence-electron chi connectivity index (χ1n) is 13.8. The molecule has 0 radical (unpaired) electrons. The molecule has 9 nitrogen and oxygen atoms in total. The highest BCUT2D eigenvalue weighted by Crippen LogP contribution is 2.39. The van der Waals surface area contributed by atoms with Crippen LogP contribution >= 0.6 is 0 Å². The van der Waals surface area contributed by atoms with E-state index in [0.717, 1.165) is 31.4 Å². The molecule has 10 heteroatoms. The van der Waals surface area contributed by atoms with Gasteiger partial charge in [0.25, 0.3) is 0 Å². The molecule has 2 heterocycles. The first kappa shape index (κ1) is 28.8. The Morgan fingerprint density at radius 2 is 1.76 bits per heavy atom. The zero-order valence-corrected chi connectivity index (χ0v) is 23.6. The van der Waals surface area contributed by atoms with E-state index in [4.69, 9.17) is 4.74 Å². The zero-order chi connectivity index (χ0) is 27.5. The summed E-state index contributed by atoms with van der Waals surface area (Å²) in [6.07, 6.45) is 3.45. The van der Waals surface area contributed by atoms with Crippen LogP contribution in [0.25, 0.3) is 0 Å². The van der Waals surface area contributed by atoms with Crippen LogP contribution in [0.1, 0.15) is 58.4 Å². The van der Waals surface area contributed by atoms with E-state index in [0.29, 0.717) is 18.3 Å². The SMILES string of the molecule is CC(C)(C)NC(=O)[C@@H]1C[C@@H]2CCCC[C@@H]2CN1C[C@@H](O)[C@H](Cc1ccccc1)NC(=O)OC1CS(=O)(=O)C1. The molecular weight excluding hydrogens is 506 g/mol. The highest BCUT2D eigenvalue weighted by atomic mass is 32.2. The van der Waals surface area contributed by atoms with E-state index in [1.165, 1.54) is 12.8 Å². The van der Waals surface area contributed by atoms with Gasteiger partial charge in [0, 0.05) is 18.6 Å². The first-order chi connectivity index (χ1) is 17.9. The van der Waals surface area contributed by atoms with Crippen LogP contribution in [0.15, 0.2) is 30.3 Å². The van der Waals surface area contributed by atoms with Crippen molar-refractivity contribution >= 4 is 21.8 Å². The molecule has 2 amide bonds. The summed E-state index contributed by atoms with van der Waals surface area (Å²) in [5.74, 6) is 0.646. The Morgan fingerprint density at radius 1 is 1.11 bits per heavy atom. The highest BCUT2D eigenvalue weighted by Gasteiger charge is 2.42. The number of ether oxygens (including phenoxy) is 1. The van der Waals surface area contributed by atoms with Gasteiger partial charge in [-0.15, -0.1) is 0 Å². The number of alkyl carbamates (subject to hydrolysis) is 1. The number of sulfone groups is 1. The summed E-state index contributed by atoms with van der Waals surface area (Å²) in [6, 6.07) is 8.55. The molecule has 38 heavy (non-hydrogen) atoms. The molecule has 1 saturated carbocycles. The van der Waals surface area contributed by atoms with Crippen molar-refractivity contribution in [2.75, 3.05) is 24.6 Å². The first-order valence-corrected chi connectivity index (χ1v) is 15.7. The molecule has 212 valence electrons. The predicted octanol–water partition coefficient (Wildman–Crippen LogP) is 2.28. The number of β-amino-alcohol motifs (C(OH)–C–C–N with tert-alkyl or cyclic N) is 1. The number of carbonyl (C=O) groups is 2. The Morgan fingerprint density at radius 3 is 2.39 bits per heavy atom. The topological polar surface area (TPSA) is 125 Å². The van der Waals surface area contributed by atoms with Gasteiger partial charge >= 0.3 is 6.09 Å². The van der Waals surface area contributed by atoms with Gasteiger partial charge in [-0.3, -0.25) is 9.69 Å². The van der Waals surface area contributed by atoms with Crippen molar-refractivity contribution in [1.29, 1.82) is 0 Å². The number of carbonyl (C=O) groups excluding carboxylic acids is 2. The quantitative estimate of drug-likeness (QED) is 0.454. The normalized spacial score (nSPS) is 27.3. The van der Waals surface area contributed by atoms with Gasteiger partial charge in [0.2, 0.25) is 5.91 Å². The second-order valence-corrected chi connectivity index (χ2v) is 14.5. The van der Waals surface area contributed by atoms with Crippen molar-refractivity contribution < 1.29 is 27.9 Å². The summed E-state index contributed by atoms with van der Waals surface area (Å²) in [5.41, 5.74) is 0.581. The lowest BCUT2D eigenvalue weighted by atomic mass is 9.72. The summed E-state index contributed by atoms with van der Waals surface area (Å²) in [4.78, 5) is 28.1. The number of hydrogen-bond donors (Lipinski definition) is 3. The Bertz CT molecular complexity index is 1060. The second-order valence-electron chi connectivity index (χ2n) is 12.4. The van der Waals surface area contributed by atoms with Crippen LogP contribution in [0.4, 0.5) is 4.79 Å². The number of aliphatic hydroxyl groups is 1. The van der Waals surface area contributed by atoms with E-state index in [2.05, 4.69) is 15.5 Å². The molecule has 0 aromatic heterocycles. The number of aliphatic hydroxyl groups excluding tert-OH is 1. The summed E-state index contributed by atoms with van der Waals surface area (Å²) in [6.45, 7) is 6.88. The minimum atomic E-state index is -3.13. The third-order valence-corrected chi connectivity index (χ3v) is 9.70. The molecule has 0 unspecified atom stereocenters. The van der Waals surface area contributed by atoms with Crippen molar-refractivity contribution in [2.45, 2.75) is 89.1 Å². The summed E-state index contributed by atoms with van der Waals surface area (Å²) < 4.78 is 28.2. The van der Waals surface area contributed by atoms with Crippen molar-refractivity contribution in [3.63, 3.8) is 0 Å². The van der Waals surface area contributed by atoms with Crippen LogP contribution in [-0.2, 0) is 25.8 Å². The van der Waals surface area contributed by atoms with Gasteiger partial charge in [-0.25, -0.2) is 13.2 Å². The van der Waals surface area contributed by atoms with Crippen molar-refractivity contribution in [3.8, 4) is 0 Å². The lowest BCUT2D eigenvalue weighted by Gasteiger charge is -2.47. The maximum atomic E-state index is 13.4. The Hall–Kier alpha value is -2.17. The lowest BCUT2D eigenvalue weighted by Crippen LogP contribution is -2.60. The van der Waals surface area contributed by atoms with E-state index in [1.54, 1.807) is 0 Å². The third kappa shape index (κ3) is 7.93. The zero-order valence-electron chi connectivity index (χ0n) is 22.8. The van der Waals surface area contributed by atoms with Crippen molar-refractivity contribution in [1.82, 2.24) is 15.5 Å². The molecule has 3 N–H and O–H groups in total. The van der Waals surface area contributed by atoms with Gasteiger partial charge in [-0.1, -0.05) is 49.6 Å². The van der Waals surface area contributed by atoms with Crippen LogP contribution in [0.3, 0.4) is 0 Å². The lowest BCUT2D eigenvalue weighted by molar-refractivity contribution is -0.132. The van der Waals surface area contributed by atoms with E-state index in [1.807, 2.05) is 51.1 Å². The number of nitrogens with one attached hydrogen (secondary N) is 2. The average molecular weight is 550 g/mol. The van der Waals surface area contributed by atoms with E-state index in [9.17, 15) is 23.1 Å². The Labute approximate surface area is 226 Å². The number of amides is 2. The third-order valence-electron chi connectivity index (χ3n) is 7.94. The Balaban J connectivity index is 1.47. The molecule has 5 atom stereocenters. The van der Waals surface area contributed by atoms with Crippen LogP contribution in [-0.4, -0.2) is 84.9 Å². The van der Waals surface area contributed by atoms with Crippen LogP contribution in [0, 0.1) is 11.8 Å². The van der Waals surface area contributed by atoms with Crippen LogP contribution in [0.2, 0.25) is 0 Å². The average Bonchev–Trinajstić information content (AvgIpc) is 2.81. The highest BCUT2D eigenvalue weighted by molar-refractivity contribution is 7.92. The maximum absolute atomic E-state index is 13.4. The minimum absolute atomic E-state index is 0.0214. The number of likely N-dealkylation sites (tertiary alicyclic amines) is 1. The molecule has 0 spiro atoms. The number of nitrogens with zero attached hydrogens (tertiary/aromatic N) is 1. The number of piperidine rings is 1. The molecule has 2 aliphatic heterocycles. The molecule has 4 rings (SSSR count). The Kier molecular flexibility index (Phi) is 9.04. The van der Waals surface area contributed by atoms with E-state index >= 15 is 0 Å². The predicted molar refractivity (Wildman–Crippen MR) is 145 cm³/mol. The fraction of sp³-hybridized carbons (Fsp3) is 0.714. The summed E-state index contributed by atoms with van der Waals surface area (Å²) in [5, 5.41) is 17.4. The van der Waals surface area contributed by atoms with Gasteiger partial charge in [0.15, 0.2) is 9.84 Å². The molecule has 1 aromatic carbocycles. The van der Waals surface area contributed by atoms with Gasteiger partial charge in [0.1, 0.15) is 6.10 Å². The van der Waals surface area contributed by atoms with E-state index in [-0.39, 0.29) is 35.5 Å². The minimum Gasteiger partial charge on any atom is -0.444 e. The van der Waals surface area contributed by atoms with Crippen LogP contribution < -0.4 is 10.6 Å². The van der Waals surface area contributed by atoms with E-state index < -0.39 is 34.2 Å². The number of benzene rings is 1. The molecule has 3 fully saturated rings. The molecular formula is C28H43N3O6S. The van der Waals surface area contributed by atoms with Crippen molar-refractivity contribution in [2.24, 2.45) is 11.8 Å². The smallest absolute Gasteiger partial charge is 0.407 e. The summed E-state index contributed by atoms with van der Waals surface area (Å²) in [7, 11) is -3.13. The molecule has 2 saturated heterocycles. The number of rotatable bonds is 8. The van der Waals surface area contributed by atoms with Crippen LogP contribution in [0.5, 0.6) is 0 Å². The van der Waals surface area contributed by atoms with Gasteiger partial charge < -0.3 is 20.5 Å². The van der Waals surface area contributed by atoms with Crippen molar-refractivity contribution in [3.05, 3.63) is 35.9 Å². The molecule has 1 aromatic rings. The maximum Gasteiger partial charge on any atom is 0.407 e. The largest absolute Gasteiger partial charge is 0.444 e. The fourth-order valence-corrected chi connectivity index (χ4v) is 7.24. The second kappa shape index (κ2) is 11.9. The number of hydrogen-bond acceptors (Lipinski definition) is 7. The number of fused-ring (bicyclic) bond motifs is 1. The molecule has 3 aliphatic rings. The standard InChI is InChI=1S/C28H43N3O6S/c1-28(2,3)30-26(33)24-14-20-11-7-8-12-21(20)15-31(24)16-25(32)23(13-19-9-5-4-6-10-19)29-27(34)37-22-17-38(35,36)18-22/h4-6,9-10,20-25,32H,7-8,11-18H2,1-3H3,(H,29,34)(H,30,33)/t20-,21+,23-,24-,25+/m0/s1. The van der Waals surface area contributed by atoms with Gasteiger partial charge in [-0.05, 0) is 57.4 Å². The molecule has 1 aliphatic carbocycles. The van der Waals surface area contributed by atoms with Gasteiger partial charge in [0.05, 0.1) is 29.7 Å². The van der Waals surface area contributed by atoms with Gasteiger partial charge in [-0.2, -0.15) is 0 Å². The monoisotopic (exact) mass is 549 g/mol. The summed E-state index contributed by atoms with van der Waals surface area (Å²) >= 11 is 0. The fourth-order valence-electron chi connectivity index (χ4n) is 6.07. The molecule has 0 bridgehead atoms.